The number of aryl methyl sites for hydroxylation is 8. The van der Waals surface area contributed by atoms with E-state index in [4.69, 9.17) is 17.7 Å². The molecule has 0 aliphatic rings. The second kappa shape index (κ2) is 24.7. The number of anilines is 12. The molecule has 0 N–H and O–H groups in total. The maximum Gasteiger partial charge on any atom is 0.139 e. The molecule has 0 amide bonds. The molecule has 0 unspecified atom stereocenters. The first-order chi connectivity index (χ1) is 47.3. The molecule has 0 radical (unpaired) electrons. The third-order valence-corrected chi connectivity index (χ3v) is 20.2. The van der Waals surface area contributed by atoms with E-state index in [0.29, 0.717) is 0 Å². The van der Waals surface area contributed by atoms with E-state index in [2.05, 4.69) is 281 Å². The third-order valence-electron chi connectivity index (χ3n) is 20.2. The highest BCUT2D eigenvalue weighted by Gasteiger charge is 2.34. The molecule has 0 bridgehead atoms. The van der Waals surface area contributed by atoms with Gasteiger partial charge in [0.05, 0.1) is 70.6 Å². The zero-order chi connectivity index (χ0) is 65.3. The fourth-order valence-corrected chi connectivity index (χ4v) is 16.0. The summed E-state index contributed by atoms with van der Waals surface area (Å²) in [5.41, 5.74) is 26.2. The number of fused-ring (bicyclic) bond motifs is 4. The molecule has 0 saturated carbocycles. The van der Waals surface area contributed by atoms with E-state index < -0.39 is 0 Å². The Morgan fingerprint density at radius 2 is 0.458 bits per heavy atom. The molecule has 0 aliphatic heterocycles. The van der Waals surface area contributed by atoms with Gasteiger partial charge in [-0.05, 0) is 183 Å². The summed E-state index contributed by atoms with van der Waals surface area (Å²) >= 11 is 0. The topological polar surface area (TPSA) is 65.5 Å². The van der Waals surface area contributed by atoms with Gasteiger partial charge < -0.3 is 37.3 Å². The zero-order valence-corrected chi connectivity index (χ0v) is 56.0. The Morgan fingerprint density at radius 3 is 0.656 bits per heavy atom. The van der Waals surface area contributed by atoms with E-state index in [1.807, 2.05) is 25.1 Å². The zero-order valence-electron chi connectivity index (χ0n) is 56.0. The second-order valence-electron chi connectivity index (χ2n) is 25.2. The summed E-state index contributed by atoms with van der Waals surface area (Å²) in [6.45, 7) is 18.3. The molecule has 4 heterocycles. The van der Waals surface area contributed by atoms with Gasteiger partial charge in [-0.2, -0.15) is 0 Å². The summed E-state index contributed by atoms with van der Waals surface area (Å²) in [5, 5.41) is 11.2. The Bertz CT molecular complexity index is 4870. The van der Waals surface area contributed by atoms with E-state index in [0.717, 1.165) is 218 Å². The SMILES string of the molecule is CCc1cc2ccoc2c(CC)c1N(c1ccccc1)c1cc(N(c2ccccc2)c2c(CC)cc3ccoc3c2CC)c2ccc3c(N(c4ccccc4)c4c(CC)cc5ccoc5c4CC)cc(N(c4ccccc4)c4c(CC)cc5ccoc5c4CC)c4ccc1c2c43. The minimum absolute atomic E-state index is 0.748. The molecule has 8 heteroatoms. The largest absolute Gasteiger partial charge is 0.464 e. The van der Waals surface area contributed by atoms with Crippen molar-refractivity contribution in [1.82, 2.24) is 0 Å². The molecule has 0 spiro atoms. The van der Waals surface area contributed by atoms with Gasteiger partial charge in [-0.25, -0.2) is 0 Å². The van der Waals surface area contributed by atoms with Gasteiger partial charge >= 0.3 is 0 Å². The van der Waals surface area contributed by atoms with Crippen LogP contribution in [0.15, 0.2) is 249 Å². The van der Waals surface area contributed by atoms with Crippen LogP contribution < -0.4 is 19.6 Å². The van der Waals surface area contributed by atoms with Crippen LogP contribution in [-0.2, 0) is 51.4 Å². The van der Waals surface area contributed by atoms with Crippen LogP contribution in [0.2, 0.25) is 0 Å². The highest BCUT2D eigenvalue weighted by molar-refractivity contribution is 6.33. The van der Waals surface area contributed by atoms with Crippen LogP contribution in [0.4, 0.5) is 68.2 Å². The van der Waals surface area contributed by atoms with Crippen LogP contribution in [-0.4, -0.2) is 0 Å². The van der Waals surface area contributed by atoms with Gasteiger partial charge in [-0.15, -0.1) is 0 Å². The average Bonchev–Trinajstić information content (AvgIpc) is 0.763. The van der Waals surface area contributed by atoms with Gasteiger partial charge in [0.2, 0.25) is 0 Å². The first-order valence-electron chi connectivity index (χ1n) is 34.6. The first kappa shape index (κ1) is 60.0. The highest BCUT2D eigenvalue weighted by atomic mass is 16.3. The molecule has 0 saturated heterocycles. The maximum atomic E-state index is 6.60. The lowest BCUT2D eigenvalue weighted by atomic mass is 9.87. The summed E-state index contributed by atoms with van der Waals surface area (Å²) in [6, 6.07) is 76.8. The lowest BCUT2D eigenvalue weighted by Crippen LogP contribution is -2.19. The van der Waals surface area contributed by atoms with Gasteiger partial charge in [-0.1, -0.05) is 152 Å². The van der Waals surface area contributed by atoms with Crippen molar-refractivity contribution < 1.29 is 17.7 Å². The maximum absolute atomic E-state index is 6.60. The minimum Gasteiger partial charge on any atom is -0.464 e. The van der Waals surface area contributed by atoms with Gasteiger partial charge in [0.25, 0.3) is 0 Å². The van der Waals surface area contributed by atoms with Crippen LogP contribution in [0.1, 0.15) is 99.9 Å². The van der Waals surface area contributed by atoms with Gasteiger partial charge in [0, 0.05) is 98.9 Å². The third kappa shape index (κ3) is 9.46. The van der Waals surface area contributed by atoms with Crippen molar-refractivity contribution >= 4 is 144 Å². The lowest BCUT2D eigenvalue weighted by Gasteiger charge is -2.37. The van der Waals surface area contributed by atoms with Gasteiger partial charge in [0.15, 0.2) is 0 Å². The van der Waals surface area contributed by atoms with Gasteiger partial charge in [-0.3, -0.25) is 0 Å². The number of rotatable bonds is 20. The summed E-state index contributed by atoms with van der Waals surface area (Å²) in [6.07, 6.45) is 13.6. The fraction of sp³-hybridized carbons (Fsp3) is 0.182. The summed E-state index contributed by atoms with van der Waals surface area (Å²) in [5.74, 6) is 0. The average molecular weight is 1260 g/mol. The molecule has 474 valence electrons. The van der Waals surface area contributed by atoms with E-state index in [9.17, 15) is 0 Å². The van der Waals surface area contributed by atoms with Crippen molar-refractivity contribution in [2.24, 2.45) is 0 Å². The van der Waals surface area contributed by atoms with Gasteiger partial charge in [0.1, 0.15) is 22.3 Å². The van der Waals surface area contributed by atoms with Crippen molar-refractivity contribution in [3.05, 3.63) is 276 Å². The summed E-state index contributed by atoms with van der Waals surface area (Å²) in [7, 11) is 0. The number of para-hydroxylation sites is 4. The normalized spacial score (nSPS) is 11.9. The molecule has 96 heavy (non-hydrogen) atoms. The number of benzene rings is 12. The number of hydrogen-bond acceptors (Lipinski definition) is 8. The molecule has 0 fully saturated rings. The van der Waals surface area contributed by atoms with Crippen molar-refractivity contribution in [1.29, 1.82) is 0 Å². The Balaban J connectivity index is 1.16. The van der Waals surface area contributed by atoms with Crippen LogP contribution >= 0.6 is 0 Å². The summed E-state index contributed by atoms with van der Waals surface area (Å²) in [4.78, 5) is 10.3. The highest BCUT2D eigenvalue weighted by Crippen LogP contribution is 2.58. The smallest absolute Gasteiger partial charge is 0.139 e. The molecule has 16 rings (SSSR count). The predicted molar refractivity (Wildman–Crippen MR) is 403 cm³/mol. The molecule has 8 nitrogen and oxygen atoms in total. The Morgan fingerprint density at radius 1 is 0.240 bits per heavy atom. The Labute approximate surface area is 561 Å². The molecule has 12 aromatic carbocycles. The lowest BCUT2D eigenvalue weighted by molar-refractivity contribution is 0.611. The molecule has 16 aromatic rings. The fourth-order valence-electron chi connectivity index (χ4n) is 16.0. The molecule has 0 aliphatic carbocycles. The predicted octanol–water partition coefficient (Wildman–Crippen LogP) is 25.9. The van der Waals surface area contributed by atoms with Crippen LogP contribution in [0, 0.1) is 0 Å². The van der Waals surface area contributed by atoms with E-state index in [1.165, 1.54) is 22.3 Å². The van der Waals surface area contributed by atoms with Crippen molar-refractivity contribution in [2.45, 2.75) is 107 Å². The monoisotopic (exact) mass is 1250 g/mol. The van der Waals surface area contributed by atoms with Crippen molar-refractivity contribution in [3.63, 3.8) is 0 Å². The molecule has 0 atom stereocenters. The molecular formula is C88H78N4O4. The first-order valence-corrected chi connectivity index (χ1v) is 34.6. The van der Waals surface area contributed by atoms with E-state index in [-0.39, 0.29) is 0 Å². The van der Waals surface area contributed by atoms with Crippen LogP contribution in [0.3, 0.4) is 0 Å². The molecular weight excluding hydrogens is 1180 g/mol. The van der Waals surface area contributed by atoms with Crippen molar-refractivity contribution in [2.75, 3.05) is 19.6 Å². The molecule has 4 aromatic heterocycles. The van der Waals surface area contributed by atoms with E-state index >= 15 is 0 Å². The quantitative estimate of drug-likeness (QED) is 0.0700. The minimum atomic E-state index is 0.748. The Kier molecular flexibility index (Phi) is 15.5. The van der Waals surface area contributed by atoms with E-state index in [1.54, 1.807) is 0 Å². The van der Waals surface area contributed by atoms with Crippen LogP contribution in [0.25, 0.3) is 76.2 Å². The second-order valence-corrected chi connectivity index (χ2v) is 25.2. The number of furan rings is 4. The van der Waals surface area contributed by atoms with Crippen molar-refractivity contribution in [3.8, 4) is 0 Å². The number of hydrogen-bond donors (Lipinski definition) is 0. The Hall–Kier alpha value is -11.0. The van der Waals surface area contributed by atoms with Crippen LogP contribution in [0.5, 0.6) is 0 Å². The summed E-state index contributed by atoms with van der Waals surface area (Å²) < 4.78 is 26.4. The number of nitrogens with zero attached hydrogens (tertiary/aromatic N) is 4. The standard InChI is InChI=1S/C88H78N4O4/c1-9-55-49-59-41-45-93-85(59)67(13-5)81(55)89(63-29-21-17-22-30-63)75-53-76(90(64-31-23-18-24-32-64)82-56(10-2)50-60-42-46-94-86(60)68(82)14-6)72-39-40-74-78(92(66-35-27-20-28-36-66)84-58(12-4)52-62-44-48-96-88(62)70(84)16-8)54-77(73-38-37-71(75)79(72)80(73)74)91(65-33-25-19-26-34-65)83-57(11-3)51-61-43-47-95-87(61)69(83)15-7/h17-54H,9-16H2,1-8H3.